The van der Waals surface area contributed by atoms with Gasteiger partial charge in [-0.15, -0.1) is 11.8 Å². The first-order valence-electron chi connectivity index (χ1n) is 17.8. The summed E-state index contributed by atoms with van der Waals surface area (Å²) >= 11 is 2.63. The fourth-order valence-corrected chi connectivity index (χ4v) is 5.58. The Hall–Kier alpha value is -4.20. The minimum absolute atomic E-state index is 0.674. The van der Waals surface area contributed by atoms with Crippen molar-refractivity contribution >= 4 is 57.1 Å². The molecule has 1 aliphatic heterocycles. The van der Waals surface area contributed by atoms with Gasteiger partial charge in [-0.3, -0.25) is 14.6 Å². The van der Waals surface area contributed by atoms with Gasteiger partial charge in [0.1, 0.15) is 16.1 Å². The molecule has 0 unspecified atom stereocenters. The van der Waals surface area contributed by atoms with Crippen LogP contribution in [0.5, 0.6) is 0 Å². The van der Waals surface area contributed by atoms with Gasteiger partial charge in [-0.2, -0.15) is 13.2 Å². The summed E-state index contributed by atoms with van der Waals surface area (Å²) in [6.45, 7) is 25.5. The highest BCUT2D eigenvalue weighted by atomic mass is 32.2. The first-order valence-corrected chi connectivity index (χ1v) is 19.4. The summed E-state index contributed by atoms with van der Waals surface area (Å²) in [6.07, 6.45) is 4.39. The van der Waals surface area contributed by atoms with E-state index in [2.05, 4.69) is 66.5 Å². The Kier molecular flexibility index (Phi) is 28.0. The highest BCUT2D eigenvalue weighted by molar-refractivity contribution is 8.22. The standard InChI is InChI=1S/C23H27NO3S2.C11H16N2O.C3H3F3O.C3H8.C2H6/c1-7-19(29-23(4,5)22(26)27)13-10-17(3)21(24-6)28-20(14-15-25)18-11-8-16(2)9-12-18;1-12-10-2-4-11(5-3-10)13-6-8-14-9-7-13;1-2(7)3(4,5)6;1-3-2;1-2/h7-15H,3H2,1-2,4-6H3,(H,26,27);2-5,12H,6-9H2,1H3;7H,1H2;3H2,1-2H3;1-2H3/b13-10-,19-7+,20-14+,24-21?;;;;. The maximum atomic E-state index is 11.4. The normalized spacial score (nSPS) is 13.3. The zero-order chi connectivity index (χ0) is 42.6. The number of anilines is 2. The molecule has 55 heavy (non-hydrogen) atoms. The number of aliphatic imine (C=N–C) groups is 1. The lowest BCUT2D eigenvalue weighted by Gasteiger charge is -2.28. The molecular weight excluding hydrogens is 748 g/mol. The third-order valence-corrected chi connectivity index (χ3v) is 9.24. The van der Waals surface area contributed by atoms with Crippen LogP contribution >= 0.6 is 23.5 Å². The molecule has 1 saturated heterocycles. The molecule has 8 nitrogen and oxygen atoms in total. The number of halogens is 3. The fourth-order valence-electron chi connectivity index (χ4n) is 3.77. The van der Waals surface area contributed by atoms with Gasteiger partial charge in [0.25, 0.3) is 0 Å². The van der Waals surface area contributed by atoms with E-state index in [4.69, 9.17) is 9.84 Å². The minimum atomic E-state index is -4.64. The average molecular weight is 808 g/mol. The predicted molar refractivity (Wildman–Crippen MR) is 232 cm³/mol. The highest BCUT2D eigenvalue weighted by Gasteiger charge is 2.31. The molecule has 3 N–H and O–H groups in total. The molecule has 2 aromatic carbocycles. The van der Waals surface area contributed by atoms with Crippen LogP contribution in [0, 0.1) is 6.92 Å². The Labute approximate surface area is 335 Å². The molecule has 0 bridgehead atoms. The number of nitrogens with zero attached hydrogens (tertiary/aromatic N) is 2. The third-order valence-electron chi connectivity index (χ3n) is 6.72. The molecular formula is C42H60F3N3O5S2. The number of thioether (sulfide) groups is 2. The van der Waals surface area contributed by atoms with Gasteiger partial charge in [0.05, 0.1) is 13.2 Å². The van der Waals surface area contributed by atoms with E-state index in [1.54, 1.807) is 20.9 Å². The number of hydrogen-bond donors (Lipinski definition) is 3. The largest absolute Gasteiger partial charge is 0.505 e. The number of allylic oxidation sites excluding steroid dienone is 5. The van der Waals surface area contributed by atoms with Crippen LogP contribution in [0.3, 0.4) is 0 Å². The number of rotatable bonds is 11. The summed E-state index contributed by atoms with van der Waals surface area (Å²) in [7, 11) is 3.61. The first kappa shape index (κ1) is 52.9. The molecule has 1 heterocycles. The molecule has 0 atom stereocenters. The highest BCUT2D eigenvalue weighted by Crippen LogP contribution is 2.34. The molecule has 0 aromatic heterocycles. The van der Waals surface area contributed by atoms with E-state index in [0.29, 0.717) is 10.6 Å². The number of benzene rings is 2. The second kappa shape index (κ2) is 29.1. The zero-order valence-electron chi connectivity index (χ0n) is 33.9. The van der Waals surface area contributed by atoms with Crippen LogP contribution in [0.15, 0.2) is 107 Å². The molecule has 0 radical (unpaired) electrons. The van der Waals surface area contributed by atoms with E-state index in [9.17, 15) is 27.9 Å². The Bertz CT molecular complexity index is 1560. The topological polar surface area (TPSA) is 111 Å². The van der Waals surface area contributed by atoms with Crippen molar-refractivity contribution in [2.24, 2.45) is 4.99 Å². The molecule has 0 aliphatic carbocycles. The van der Waals surface area contributed by atoms with Crippen molar-refractivity contribution in [1.29, 1.82) is 0 Å². The number of aldehydes is 1. The van der Waals surface area contributed by atoms with Gasteiger partial charge >= 0.3 is 12.1 Å². The maximum Gasteiger partial charge on any atom is 0.448 e. The van der Waals surface area contributed by atoms with Crippen LogP contribution < -0.4 is 10.2 Å². The molecule has 1 fully saturated rings. The van der Waals surface area contributed by atoms with Crippen LogP contribution in [0.4, 0.5) is 24.5 Å². The lowest BCUT2D eigenvalue weighted by molar-refractivity contribution is -0.138. The summed E-state index contributed by atoms with van der Waals surface area (Å²) in [5.41, 5.74) is 5.18. The van der Waals surface area contributed by atoms with Crippen molar-refractivity contribution in [1.82, 2.24) is 0 Å². The molecule has 2 aromatic rings. The summed E-state index contributed by atoms with van der Waals surface area (Å²) in [6, 6.07) is 16.4. The Morgan fingerprint density at radius 3 is 1.91 bits per heavy atom. The van der Waals surface area contributed by atoms with E-state index in [0.717, 1.165) is 59.2 Å². The van der Waals surface area contributed by atoms with Crippen LogP contribution in [0.1, 0.15) is 66.0 Å². The van der Waals surface area contributed by atoms with Gasteiger partial charge in [0, 0.05) is 48.4 Å². The molecule has 0 amide bonds. The van der Waals surface area contributed by atoms with Gasteiger partial charge in [-0.05, 0) is 75.2 Å². The number of aryl methyl sites for hydroxylation is 1. The quantitative estimate of drug-likeness (QED) is 0.0510. The van der Waals surface area contributed by atoms with Crippen molar-refractivity contribution in [2.75, 3.05) is 50.6 Å². The first-order chi connectivity index (χ1) is 25.9. The van der Waals surface area contributed by atoms with Gasteiger partial charge in [0.2, 0.25) is 0 Å². The van der Waals surface area contributed by atoms with Crippen molar-refractivity contribution < 1.29 is 37.7 Å². The second-order valence-electron chi connectivity index (χ2n) is 11.7. The Balaban J connectivity index is 0. The van der Waals surface area contributed by atoms with E-state index < -0.39 is 22.7 Å². The van der Waals surface area contributed by atoms with E-state index in [-0.39, 0.29) is 0 Å². The lowest BCUT2D eigenvalue weighted by atomic mass is 10.1. The number of morpholine rings is 1. The van der Waals surface area contributed by atoms with Gasteiger partial charge in [-0.25, -0.2) is 0 Å². The molecule has 0 saturated carbocycles. The number of nitrogens with one attached hydrogen (secondary N) is 1. The number of alkyl halides is 3. The number of hydrogen-bond acceptors (Lipinski definition) is 9. The van der Waals surface area contributed by atoms with Gasteiger partial charge in [-0.1, -0.05) is 101 Å². The number of carboxylic acids is 1. The van der Waals surface area contributed by atoms with Crippen LogP contribution in [0.25, 0.3) is 4.91 Å². The van der Waals surface area contributed by atoms with Crippen molar-refractivity contribution in [3.8, 4) is 0 Å². The van der Waals surface area contributed by atoms with Crippen molar-refractivity contribution in [3.05, 3.63) is 113 Å². The molecule has 13 heteroatoms. The number of aliphatic hydroxyl groups excluding tert-OH is 1. The number of aliphatic hydroxyl groups is 1. The Morgan fingerprint density at radius 1 is 1.00 bits per heavy atom. The van der Waals surface area contributed by atoms with Crippen LogP contribution in [-0.2, 0) is 14.3 Å². The number of carbonyl (C=O) groups excluding carboxylic acids is 1. The predicted octanol–water partition coefficient (Wildman–Crippen LogP) is 11.5. The van der Waals surface area contributed by atoms with Gasteiger partial charge < -0.3 is 25.2 Å². The van der Waals surface area contributed by atoms with E-state index >= 15 is 0 Å². The molecule has 306 valence electrons. The average Bonchev–Trinajstić information content (AvgIpc) is 3.16. The smallest absolute Gasteiger partial charge is 0.448 e. The van der Waals surface area contributed by atoms with Crippen LogP contribution in [-0.4, -0.2) is 78.8 Å². The van der Waals surface area contributed by atoms with Crippen LogP contribution in [0.2, 0.25) is 0 Å². The van der Waals surface area contributed by atoms with Crippen molar-refractivity contribution in [2.45, 2.75) is 72.7 Å². The SMILES string of the molecule is C=C(/C=C\C(=C/C)SC(C)(C)C(=O)O)C(=NC)S/C(=C/C=O)c1ccc(C)cc1.C=C(O)C(F)(F)F.CC.CCC.CNc1ccc(N2CCOCC2)cc1. The number of ether oxygens (including phenoxy) is 1. The number of carbonyl (C=O) groups is 2. The lowest BCUT2D eigenvalue weighted by Crippen LogP contribution is -2.36. The summed E-state index contributed by atoms with van der Waals surface area (Å²) in [5.74, 6) is -2.63. The minimum Gasteiger partial charge on any atom is -0.505 e. The van der Waals surface area contributed by atoms with E-state index in [1.165, 1.54) is 41.7 Å². The Morgan fingerprint density at radius 2 is 1.51 bits per heavy atom. The third kappa shape index (κ3) is 22.7. The molecule has 1 aliphatic rings. The summed E-state index contributed by atoms with van der Waals surface area (Å²) in [4.78, 5) is 30.7. The summed E-state index contributed by atoms with van der Waals surface area (Å²) < 4.78 is 36.9. The maximum absolute atomic E-state index is 11.4. The molecule has 3 rings (SSSR count). The van der Waals surface area contributed by atoms with Crippen molar-refractivity contribution in [3.63, 3.8) is 0 Å². The van der Waals surface area contributed by atoms with Gasteiger partial charge in [0.15, 0.2) is 5.76 Å². The fraction of sp³-hybridized carbons (Fsp3) is 0.405. The number of aliphatic carboxylic acids is 1. The zero-order valence-corrected chi connectivity index (χ0v) is 35.6. The number of carboxylic acid groups (broad SMARTS) is 1. The van der Waals surface area contributed by atoms with E-state index in [1.807, 2.05) is 77.2 Å². The monoisotopic (exact) mass is 807 g/mol. The second-order valence-corrected chi connectivity index (χ2v) is 14.4. The molecule has 0 spiro atoms. The summed E-state index contributed by atoms with van der Waals surface area (Å²) in [5, 5.41) is 20.7.